The van der Waals surface area contributed by atoms with Crippen LogP contribution in [0.3, 0.4) is 0 Å². The van der Waals surface area contributed by atoms with Crippen LogP contribution in [-0.2, 0) is 14.3 Å². The summed E-state index contributed by atoms with van der Waals surface area (Å²) >= 11 is 0. The highest BCUT2D eigenvalue weighted by Gasteiger charge is 2.28. The van der Waals surface area contributed by atoms with Crippen molar-refractivity contribution in [1.82, 2.24) is 10.2 Å². The molecule has 8 heteroatoms. The Bertz CT molecular complexity index is 469. The lowest BCUT2D eigenvalue weighted by Gasteiger charge is -2.16. The van der Waals surface area contributed by atoms with Crippen LogP contribution in [-0.4, -0.2) is 47.2 Å². The molecule has 0 aliphatic carbocycles. The highest BCUT2D eigenvalue weighted by molar-refractivity contribution is 6.13. The minimum Gasteiger partial charge on any atom is -0.464 e. The zero-order valence-corrected chi connectivity index (χ0v) is 11.3. The highest BCUT2D eigenvalue weighted by atomic mass is 16.5. The predicted octanol–water partition coefficient (Wildman–Crippen LogP) is 0.898. The maximum absolute atomic E-state index is 11.5. The van der Waals surface area contributed by atoms with Crippen LogP contribution in [0.25, 0.3) is 0 Å². The number of nitrogens with zero attached hydrogens (tertiary/aromatic N) is 1. The molecule has 0 bridgehead atoms. The first kappa shape index (κ1) is 17.4. The van der Waals surface area contributed by atoms with E-state index in [0.717, 1.165) is 0 Å². The fourth-order valence-electron chi connectivity index (χ4n) is 0.961. The van der Waals surface area contributed by atoms with E-state index >= 15 is 0 Å². The van der Waals surface area contributed by atoms with Crippen LogP contribution >= 0.6 is 0 Å². The second-order valence-electron chi connectivity index (χ2n) is 3.85. The normalized spacial score (nSPS) is 9.30. The summed E-state index contributed by atoms with van der Waals surface area (Å²) in [6, 6.07) is -1.14. The van der Waals surface area contributed by atoms with E-state index in [-0.39, 0.29) is 29.2 Å². The van der Waals surface area contributed by atoms with Gasteiger partial charge in [-0.15, -0.1) is 0 Å². The molecule has 0 spiro atoms. The summed E-state index contributed by atoms with van der Waals surface area (Å²) in [5.74, 6) is -1.67. The molecule has 0 aromatic rings. The van der Waals surface area contributed by atoms with Gasteiger partial charge in [-0.05, 0) is 13.8 Å². The van der Waals surface area contributed by atoms with Crippen molar-refractivity contribution in [2.75, 3.05) is 13.2 Å². The average molecular weight is 284 g/mol. The third-order valence-corrected chi connectivity index (χ3v) is 1.92. The number of nitrogens with one attached hydrogen (secondary N) is 1. The van der Waals surface area contributed by atoms with E-state index in [1.54, 1.807) is 0 Å². The van der Waals surface area contributed by atoms with E-state index in [2.05, 4.69) is 23.2 Å². The summed E-state index contributed by atoms with van der Waals surface area (Å²) in [5, 5.41) is 10.9. The maximum Gasteiger partial charge on any atom is 0.422 e. The monoisotopic (exact) mass is 284 g/mol. The number of esters is 1. The number of rotatable bonds is 5. The zero-order chi connectivity index (χ0) is 15.9. The number of carbonyl (C=O) groups excluding carboxylic acids is 3. The van der Waals surface area contributed by atoms with Gasteiger partial charge in [-0.3, -0.25) is 4.79 Å². The Morgan fingerprint density at radius 3 is 2.10 bits per heavy atom. The molecule has 0 aliphatic rings. The highest BCUT2D eigenvalue weighted by Crippen LogP contribution is 2.00. The van der Waals surface area contributed by atoms with Crippen LogP contribution in [0.4, 0.5) is 9.59 Å². The summed E-state index contributed by atoms with van der Waals surface area (Å²) in [6.07, 6.45) is -1.73. The molecule has 0 aliphatic heterocycles. The van der Waals surface area contributed by atoms with Gasteiger partial charge in [-0.2, -0.15) is 4.90 Å². The van der Waals surface area contributed by atoms with Crippen molar-refractivity contribution in [2.45, 2.75) is 13.8 Å². The number of hydrogen-bond acceptors (Lipinski definition) is 5. The van der Waals surface area contributed by atoms with Crippen LogP contribution in [0.1, 0.15) is 13.8 Å². The summed E-state index contributed by atoms with van der Waals surface area (Å²) in [7, 11) is 0. The second kappa shape index (κ2) is 7.72. The minimum atomic E-state index is -1.73. The van der Waals surface area contributed by atoms with Crippen LogP contribution < -0.4 is 5.32 Å². The molecule has 8 nitrogen and oxygen atoms in total. The average Bonchev–Trinajstić information content (AvgIpc) is 2.33. The molecule has 0 aromatic carbocycles. The minimum absolute atomic E-state index is 0.0110. The Morgan fingerprint density at radius 2 is 1.70 bits per heavy atom. The molecular formula is C12H16N2O6. The Balaban J connectivity index is 4.40. The number of ether oxygens (including phenoxy) is 1. The van der Waals surface area contributed by atoms with Gasteiger partial charge < -0.3 is 15.2 Å². The molecule has 0 unspecified atom stereocenters. The standard InChI is InChI=1S/C12H16N2O6/c1-7(2)9(15)14(12(18)19)11(17)13-5-6-20-10(16)8(3)4/h1,3,5-6H2,2,4H3,(H,13,17)(H,18,19). The number of carboxylic acid groups (broad SMARTS) is 1. The Kier molecular flexibility index (Phi) is 6.70. The lowest BCUT2D eigenvalue weighted by atomic mass is 10.3. The molecule has 0 rings (SSSR count). The molecule has 110 valence electrons. The fourth-order valence-corrected chi connectivity index (χ4v) is 0.961. The predicted molar refractivity (Wildman–Crippen MR) is 68.9 cm³/mol. The SMILES string of the molecule is C=C(C)C(=O)OCCNC(=O)N(C(=O)O)C(=O)C(=C)C. The van der Waals surface area contributed by atoms with Gasteiger partial charge in [0.2, 0.25) is 0 Å². The molecule has 20 heavy (non-hydrogen) atoms. The first-order chi connectivity index (χ1) is 9.18. The van der Waals surface area contributed by atoms with E-state index in [4.69, 9.17) is 5.11 Å². The molecule has 0 aromatic heterocycles. The lowest BCUT2D eigenvalue weighted by molar-refractivity contribution is -0.138. The van der Waals surface area contributed by atoms with Gasteiger partial charge in [0.05, 0.1) is 6.54 Å². The first-order valence-corrected chi connectivity index (χ1v) is 5.51. The summed E-state index contributed by atoms with van der Waals surface area (Å²) in [5.41, 5.74) is 0.0946. The smallest absolute Gasteiger partial charge is 0.422 e. The van der Waals surface area contributed by atoms with Crippen molar-refractivity contribution in [1.29, 1.82) is 0 Å². The van der Waals surface area contributed by atoms with Crippen molar-refractivity contribution in [3.63, 3.8) is 0 Å². The van der Waals surface area contributed by atoms with Crippen LogP contribution in [0.2, 0.25) is 0 Å². The van der Waals surface area contributed by atoms with Crippen LogP contribution in [0.15, 0.2) is 24.3 Å². The van der Waals surface area contributed by atoms with Gasteiger partial charge in [0.1, 0.15) is 6.61 Å². The molecule has 4 amide bonds. The van der Waals surface area contributed by atoms with Gasteiger partial charge in [-0.25, -0.2) is 14.4 Å². The molecule has 0 fully saturated rings. The lowest BCUT2D eigenvalue weighted by Crippen LogP contribution is -2.47. The number of hydrogen-bond donors (Lipinski definition) is 2. The third-order valence-electron chi connectivity index (χ3n) is 1.92. The molecular weight excluding hydrogens is 268 g/mol. The van der Waals surface area contributed by atoms with Crippen molar-refractivity contribution in [3.8, 4) is 0 Å². The molecule has 0 heterocycles. The summed E-state index contributed by atoms with van der Waals surface area (Å²) < 4.78 is 4.68. The second-order valence-corrected chi connectivity index (χ2v) is 3.85. The third kappa shape index (κ3) is 5.34. The summed E-state index contributed by atoms with van der Waals surface area (Å²) in [6.45, 7) is 9.04. The van der Waals surface area contributed by atoms with Crippen molar-refractivity contribution < 1.29 is 29.0 Å². The van der Waals surface area contributed by atoms with Gasteiger partial charge in [0, 0.05) is 11.1 Å². The van der Waals surface area contributed by atoms with Crippen LogP contribution in [0.5, 0.6) is 0 Å². The van der Waals surface area contributed by atoms with E-state index < -0.39 is 24.0 Å². The van der Waals surface area contributed by atoms with Gasteiger partial charge in [0.25, 0.3) is 5.91 Å². The van der Waals surface area contributed by atoms with E-state index in [1.165, 1.54) is 13.8 Å². The molecule has 0 saturated heterocycles. The molecule has 2 N–H and O–H groups in total. The van der Waals surface area contributed by atoms with Gasteiger partial charge in [0.15, 0.2) is 0 Å². The largest absolute Gasteiger partial charge is 0.464 e. The van der Waals surface area contributed by atoms with Gasteiger partial charge in [-0.1, -0.05) is 13.2 Å². The fraction of sp³-hybridized carbons (Fsp3) is 0.333. The van der Waals surface area contributed by atoms with Crippen molar-refractivity contribution in [3.05, 3.63) is 24.3 Å². The van der Waals surface area contributed by atoms with E-state index in [0.29, 0.717) is 0 Å². The van der Waals surface area contributed by atoms with Crippen molar-refractivity contribution in [2.24, 2.45) is 0 Å². The number of carbonyl (C=O) groups is 4. The van der Waals surface area contributed by atoms with Gasteiger partial charge >= 0.3 is 18.1 Å². The Hall–Kier alpha value is -2.64. The number of imide groups is 3. The number of amides is 4. The maximum atomic E-state index is 11.5. The zero-order valence-electron chi connectivity index (χ0n) is 11.3. The molecule has 0 atom stereocenters. The van der Waals surface area contributed by atoms with E-state index in [1.807, 2.05) is 0 Å². The Labute approximate surface area is 115 Å². The Morgan fingerprint density at radius 1 is 1.15 bits per heavy atom. The van der Waals surface area contributed by atoms with Crippen molar-refractivity contribution >= 4 is 24.0 Å². The number of urea groups is 1. The first-order valence-electron chi connectivity index (χ1n) is 5.51. The topological polar surface area (TPSA) is 113 Å². The quantitative estimate of drug-likeness (QED) is 0.440. The summed E-state index contributed by atoms with van der Waals surface area (Å²) in [4.78, 5) is 44.8. The molecule has 0 radical (unpaired) electrons. The van der Waals surface area contributed by atoms with Crippen LogP contribution in [0, 0.1) is 0 Å². The van der Waals surface area contributed by atoms with E-state index in [9.17, 15) is 19.2 Å². The molecule has 0 saturated carbocycles.